The molecule has 0 spiro atoms. The van der Waals surface area contributed by atoms with E-state index in [-0.39, 0.29) is 6.79 Å². The first-order valence-corrected chi connectivity index (χ1v) is 8.58. The van der Waals surface area contributed by atoms with Crippen LogP contribution in [0.15, 0.2) is 42.0 Å². The molecule has 0 amide bonds. The fraction of sp³-hybridized carbons (Fsp3) is 0.118. The molecule has 0 bridgehead atoms. The molecule has 0 unspecified atom stereocenters. The SMILES string of the molecule is Cc1nc2ncccn2c1-c1csc(Nc2ccc3c(c2)OCO3)n1. The Hall–Kier alpha value is -3.13. The second kappa shape index (κ2) is 5.45. The van der Waals surface area contributed by atoms with E-state index < -0.39 is 0 Å². The molecule has 4 heterocycles. The van der Waals surface area contributed by atoms with Crippen LogP contribution in [-0.4, -0.2) is 26.1 Å². The molecule has 0 fully saturated rings. The van der Waals surface area contributed by atoms with Crippen molar-refractivity contribution in [3.8, 4) is 22.9 Å². The fourth-order valence-electron chi connectivity index (χ4n) is 2.84. The highest BCUT2D eigenvalue weighted by Gasteiger charge is 2.16. The number of aryl methyl sites for hydroxylation is 1. The molecule has 0 radical (unpaired) electrons. The van der Waals surface area contributed by atoms with Gasteiger partial charge in [0.15, 0.2) is 16.6 Å². The second-order valence-corrected chi connectivity index (χ2v) is 6.42. The average Bonchev–Trinajstić information content (AvgIpc) is 3.32. The lowest BCUT2D eigenvalue weighted by molar-refractivity contribution is 0.174. The molecule has 3 aromatic heterocycles. The van der Waals surface area contributed by atoms with E-state index in [0.717, 1.165) is 39.4 Å². The van der Waals surface area contributed by atoms with Gasteiger partial charge < -0.3 is 14.8 Å². The van der Waals surface area contributed by atoms with E-state index in [9.17, 15) is 0 Å². The van der Waals surface area contributed by atoms with Crippen molar-refractivity contribution in [3.63, 3.8) is 0 Å². The molecule has 124 valence electrons. The van der Waals surface area contributed by atoms with Crippen LogP contribution in [0.4, 0.5) is 10.8 Å². The Balaban J connectivity index is 1.48. The summed E-state index contributed by atoms with van der Waals surface area (Å²) >= 11 is 1.54. The summed E-state index contributed by atoms with van der Waals surface area (Å²) in [6.45, 7) is 2.23. The molecule has 4 aromatic rings. The fourth-order valence-corrected chi connectivity index (χ4v) is 3.56. The van der Waals surface area contributed by atoms with Crippen molar-refractivity contribution in [2.45, 2.75) is 6.92 Å². The normalized spacial score (nSPS) is 12.7. The lowest BCUT2D eigenvalue weighted by Gasteiger charge is -2.03. The van der Waals surface area contributed by atoms with Crippen LogP contribution in [0.5, 0.6) is 11.5 Å². The number of rotatable bonds is 3. The first-order chi connectivity index (χ1) is 12.3. The number of hydrogen-bond acceptors (Lipinski definition) is 7. The second-order valence-electron chi connectivity index (χ2n) is 5.57. The van der Waals surface area contributed by atoms with Crippen LogP contribution in [0, 0.1) is 6.92 Å². The third kappa shape index (κ3) is 2.38. The van der Waals surface area contributed by atoms with Gasteiger partial charge in [0.1, 0.15) is 5.69 Å². The molecule has 0 aliphatic carbocycles. The average molecular weight is 351 g/mol. The molecule has 1 aliphatic rings. The van der Waals surface area contributed by atoms with Gasteiger partial charge in [-0.1, -0.05) is 0 Å². The van der Waals surface area contributed by atoms with Gasteiger partial charge in [-0.15, -0.1) is 11.3 Å². The van der Waals surface area contributed by atoms with Gasteiger partial charge in [-0.3, -0.25) is 4.40 Å². The van der Waals surface area contributed by atoms with Crippen molar-refractivity contribution in [3.05, 3.63) is 47.7 Å². The number of anilines is 2. The van der Waals surface area contributed by atoms with Crippen molar-refractivity contribution in [1.82, 2.24) is 19.4 Å². The highest BCUT2D eigenvalue weighted by atomic mass is 32.1. The molecule has 0 saturated carbocycles. The van der Waals surface area contributed by atoms with E-state index in [1.54, 1.807) is 6.20 Å². The highest BCUT2D eigenvalue weighted by Crippen LogP contribution is 2.36. The number of thiazole rings is 1. The molecule has 8 heteroatoms. The smallest absolute Gasteiger partial charge is 0.234 e. The summed E-state index contributed by atoms with van der Waals surface area (Å²) in [5.41, 5.74) is 3.63. The van der Waals surface area contributed by atoms with Crippen LogP contribution < -0.4 is 14.8 Å². The Labute approximate surface area is 146 Å². The number of imidazole rings is 1. The monoisotopic (exact) mass is 351 g/mol. The molecule has 7 nitrogen and oxygen atoms in total. The number of benzene rings is 1. The Bertz CT molecular complexity index is 1090. The molecule has 1 N–H and O–H groups in total. The summed E-state index contributed by atoms with van der Waals surface area (Å²) in [5.74, 6) is 2.18. The number of nitrogens with one attached hydrogen (secondary N) is 1. The Morgan fingerprint density at radius 1 is 1.20 bits per heavy atom. The standard InChI is InChI=1S/C17H13N5O2S/c1-10-15(22-6-2-5-18-16(22)19-10)12-8-25-17(21-12)20-11-3-4-13-14(7-11)24-9-23-13/h2-8H,9H2,1H3,(H,20,21). The summed E-state index contributed by atoms with van der Waals surface area (Å²) in [5, 5.41) is 6.12. The number of ether oxygens (including phenoxy) is 2. The molecule has 0 atom stereocenters. The van der Waals surface area contributed by atoms with E-state index in [1.807, 2.05) is 47.2 Å². The third-order valence-corrected chi connectivity index (χ3v) is 4.71. The van der Waals surface area contributed by atoms with Crippen molar-refractivity contribution < 1.29 is 9.47 Å². The van der Waals surface area contributed by atoms with Crippen LogP contribution in [0.3, 0.4) is 0 Å². The largest absolute Gasteiger partial charge is 0.454 e. The zero-order valence-electron chi connectivity index (χ0n) is 13.3. The van der Waals surface area contributed by atoms with Gasteiger partial charge in [-0.25, -0.2) is 15.0 Å². The summed E-state index contributed by atoms with van der Waals surface area (Å²) in [7, 11) is 0. The summed E-state index contributed by atoms with van der Waals surface area (Å²) in [6, 6.07) is 7.63. The van der Waals surface area contributed by atoms with Gasteiger partial charge in [-0.05, 0) is 25.1 Å². The van der Waals surface area contributed by atoms with Crippen LogP contribution in [0.25, 0.3) is 17.2 Å². The first-order valence-electron chi connectivity index (χ1n) is 7.70. The van der Waals surface area contributed by atoms with Gasteiger partial charge in [0.05, 0.1) is 11.4 Å². The van der Waals surface area contributed by atoms with Gasteiger partial charge in [0.25, 0.3) is 0 Å². The van der Waals surface area contributed by atoms with E-state index in [0.29, 0.717) is 5.78 Å². The minimum absolute atomic E-state index is 0.266. The molecule has 25 heavy (non-hydrogen) atoms. The number of aromatic nitrogens is 4. The maximum absolute atomic E-state index is 5.41. The van der Waals surface area contributed by atoms with Crippen molar-refractivity contribution in [2.24, 2.45) is 0 Å². The number of nitrogens with zero attached hydrogens (tertiary/aromatic N) is 4. The molecular formula is C17H13N5O2S. The Morgan fingerprint density at radius 2 is 2.12 bits per heavy atom. The Kier molecular flexibility index (Phi) is 3.10. The van der Waals surface area contributed by atoms with Gasteiger partial charge in [-0.2, -0.15) is 0 Å². The Morgan fingerprint density at radius 3 is 3.08 bits per heavy atom. The van der Waals surface area contributed by atoms with Crippen LogP contribution in [-0.2, 0) is 0 Å². The van der Waals surface area contributed by atoms with E-state index >= 15 is 0 Å². The summed E-state index contributed by atoms with van der Waals surface area (Å²) in [6.07, 6.45) is 3.68. The van der Waals surface area contributed by atoms with Gasteiger partial charge >= 0.3 is 0 Å². The molecule has 0 saturated heterocycles. The maximum Gasteiger partial charge on any atom is 0.234 e. The first kappa shape index (κ1) is 14.2. The van der Waals surface area contributed by atoms with E-state index in [2.05, 4.69) is 15.3 Å². The van der Waals surface area contributed by atoms with Crippen LogP contribution in [0.2, 0.25) is 0 Å². The predicted octanol–water partition coefficient (Wildman–Crippen LogP) is 3.63. The predicted molar refractivity (Wildman–Crippen MR) is 94.7 cm³/mol. The third-order valence-electron chi connectivity index (χ3n) is 3.95. The number of hydrogen-bond donors (Lipinski definition) is 1. The minimum Gasteiger partial charge on any atom is -0.454 e. The van der Waals surface area contributed by atoms with Crippen molar-refractivity contribution in [1.29, 1.82) is 0 Å². The van der Waals surface area contributed by atoms with Crippen molar-refractivity contribution >= 4 is 27.9 Å². The topological polar surface area (TPSA) is 73.6 Å². The summed E-state index contributed by atoms with van der Waals surface area (Å²) < 4.78 is 12.7. The highest BCUT2D eigenvalue weighted by molar-refractivity contribution is 7.14. The molecule has 1 aliphatic heterocycles. The maximum atomic E-state index is 5.41. The van der Waals surface area contributed by atoms with Gasteiger partial charge in [0, 0.05) is 29.5 Å². The summed E-state index contributed by atoms with van der Waals surface area (Å²) in [4.78, 5) is 13.5. The lowest BCUT2D eigenvalue weighted by Crippen LogP contribution is -1.93. The van der Waals surface area contributed by atoms with Gasteiger partial charge in [0.2, 0.25) is 12.6 Å². The minimum atomic E-state index is 0.266. The molecule has 5 rings (SSSR count). The van der Waals surface area contributed by atoms with E-state index in [1.165, 1.54) is 11.3 Å². The van der Waals surface area contributed by atoms with Crippen LogP contribution in [0.1, 0.15) is 5.69 Å². The number of fused-ring (bicyclic) bond motifs is 2. The molecule has 1 aromatic carbocycles. The molecular weight excluding hydrogens is 338 g/mol. The van der Waals surface area contributed by atoms with Crippen LogP contribution >= 0.6 is 11.3 Å². The van der Waals surface area contributed by atoms with Crippen molar-refractivity contribution in [2.75, 3.05) is 12.1 Å². The zero-order valence-corrected chi connectivity index (χ0v) is 14.1. The zero-order chi connectivity index (χ0) is 16.8. The quantitative estimate of drug-likeness (QED) is 0.607. The van der Waals surface area contributed by atoms with E-state index in [4.69, 9.17) is 14.5 Å². The lowest BCUT2D eigenvalue weighted by atomic mass is 10.3.